The minimum atomic E-state index is 0.0261. The fraction of sp³-hybridized carbons (Fsp3) is 0. The Hall–Kier alpha value is -1.01. The second kappa shape index (κ2) is 2.72. The summed E-state index contributed by atoms with van der Waals surface area (Å²) in [5.74, 6) is 0.0261. The van der Waals surface area contributed by atoms with Crippen LogP contribution >= 0.6 is 15.9 Å². The Morgan fingerprint density at radius 1 is 1.50 bits per heavy atom. The van der Waals surface area contributed by atoms with Crippen molar-refractivity contribution in [2.45, 2.75) is 0 Å². The lowest BCUT2D eigenvalue weighted by atomic mass is 10.3. The van der Waals surface area contributed by atoms with Crippen LogP contribution in [0.3, 0.4) is 0 Å². The summed E-state index contributed by atoms with van der Waals surface area (Å²) in [4.78, 5) is 3.10. The van der Waals surface area contributed by atoms with Crippen LogP contribution in [0.1, 0.15) is 0 Å². The van der Waals surface area contributed by atoms with Gasteiger partial charge in [-0.15, -0.1) is 0 Å². The third-order valence-electron chi connectivity index (χ3n) is 1.06. The van der Waals surface area contributed by atoms with Gasteiger partial charge in [-0.2, -0.15) is 0 Å². The molecule has 2 nitrogen and oxygen atoms in total. The van der Waals surface area contributed by atoms with E-state index in [1.807, 2.05) is 0 Å². The van der Waals surface area contributed by atoms with E-state index in [0.717, 1.165) is 4.47 Å². The van der Waals surface area contributed by atoms with Crippen LogP contribution in [0.4, 0.5) is 5.69 Å². The van der Waals surface area contributed by atoms with E-state index in [1.54, 1.807) is 12.1 Å². The number of benzene rings is 1. The van der Waals surface area contributed by atoms with E-state index in [0.29, 0.717) is 0 Å². The molecule has 0 saturated heterocycles. The molecular formula is C7H4BrNO. The average molecular weight is 198 g/mol. The maximum atomic E-state index is 9.00. The Bertz CT molecular complexity index is 290. The van der Waals surface area contributed by atoms with Crippen LogP contribution in [0, 0.1) is 6.57 Å². The average Bonchev–Trinajstić information content (AvgIpc) is 1.94. The summed E-state index contributed by atoms with van der Waals surface area (Å²) in [6, 6.07) is 4.74. The van der Waals surface area contributed by atoms with Crippen LogP contribution in [0.25, 0.3) is 4.85 Å². The predicted molar refractivity (Wildman–Crippen MR) is 42.1 cm³/mol. The Labute approximate surface area is 67.1 Å². The molecule has 1 N–H and O–H groups in total. The molecule has 0 amide bonds. The summed E-state index contributed by atoms with van der Waals surface area (Å²) in [6.45, 7) is 6.63. The van der Waals surface area contributed by atoms with Gasteiger partial charge in [0.15, 0.2) is 0 Å². The first-order valence-corrected chi connectivity index (χ1v) is 3.39. The zero-order valence-corrected chi connectivity index (χ0v) is 6.59. The van der Waals surface area contributed by atoms with Gasteiger partial charge in [0.05, 0.1) is 6.57 Å². The van der Waals surface area contributed by atoms with Gasteiger partial charge in [0.2, 0.25) is 5.69 Å². The van der Waals surface area contributed by atoms with Gasteiger partial charge < -0.3 is 5.11 Å². The largest absolute Gasteiger partial charge is 0.519 e. The number of aromatic hydroxyl groups is 1. The molecule has 0 aliphatic rings. The lowest BCUT2D eigenvalue weighted by Gasteiger charge is -1.94. The van der Waals surface area contributed by atoms with Crippen molar-refractivity contribution in [3.63, 3.8) is 0 Å². The number of phenols is 1. The molecule has 0 fully saturated rings. The van der Waals surface area contributed by atoms with Crippen molar-refractivity contribution in [1.82, 2.24) is 0 Å². The van der Waals surface area contributed by atoms with Crippen molar-refractivity contribution in [3.05, 3.63) is 34.1 Å². The van der Waals surface area contributed by atoms with Gasteiger partial charge in [0.1, 0.15) is 5.75 Å². The highest BCUT2D eigenvalue weighted by atomic mass is 79.9. The van der Waals surface area contributed by atoms with Gasteiger partial charge in [-0.1, -0.05) is 15.9 Å². The van der Waals surface area contributed by atoms with Crippen molar-refractivity contribution in [2.24, 2.45) is 0 Å². The van der Waals surface area contributed by atoms with Crippen LogP contribution in [0.15, 0.2) is 22.7 Å². The molecule has 0 unspecified atom stereocenters. The maximum Gasteiger partial charge on any atom is 0.228 e. The lowest BCUT2D eigenvalue weighted by Crippen LogP contribution is -1.65. The summed E-state index contributed by atoms with van der Waals surface area (Å²) < 4.78 is 0.802. The summed E-state index contributed by atoms with van der Waals surface area (Å²) in [6.07, 6.45) is 0. The van der Waals surface area contributed by atoms with Crippen molar-refractivity contribution in [2.75, 3.05) is 0 Å². The van der Waals surface area contributed by atoms with Crippen LogP contribution in [0.2, 0.25) is 0 Å². The molecule has 3 heteroatoms. The van der Waals surface area contributed by atoms with E-state index in [9.17, 15) is 0 Å². The SMILES string of the molecule is [C-]#[N+]c1cc(Br)ccc1O. The van der Waals surface area contributed by atoms with E-state index < -0.39 is 0 Å². The first-order valence-electron chi connectivity index (χ1n) is 2.60. The molecule has 0 radical (unpaired) electrons. The molecule has 0 saturated carbocycles. The van der Waals surface area contributed by atoms with Crippen molar-refractivity contribution >= 4 is 21.6 Å². The molecule has 1 aromatic carbocycles. The fourth-order valence-corrected chi connectivity index (χ4v) is 0.935. The third-order valence-corrected chi connectivity index (χ3v) is 1.55. The summed E-state index contributed by atoms with van der Waals surface area (Å²) in [7, 11) is 0. The molecule has 1 rings (SSSR count). The number of nitrogens with zero attached hydrogens (tertiary/aromatic N) is 1. The number of halogens is 1. The first-order chi connectivity index (χ1) is 4.74. The molecule has 1 aromatic rings. The van der Waals surface area contributed by atoms with E-state index in [-0.39, 0.29) is 11.4 Å². The minimum Gasteiger partial charge on any atom is -0.519 e. The fourth-order valence-electron chi connectivity index (χ4n) is 0.586. The number of hydrogen-bond donors (Lipinski definition) is 1. The Kier molecular flexibility index (Phi) is 1.93. The van der Waals surface area contributed by atoms with Crippen LogP contribution in [-0.4, -0.2) is 5.11 Å². The van der Waals surface area contributed by atoms with E-state index in [2.05, 4.69) is 20.8 Å². The molecule has 0 spiro atoms. The zero-order chi connectivity index (χ0) is 7.56. The second-order valence-electron chi connectivity index (χ2n) is 1.74. The van der Waals surface area contributed by atoms with Gasteiger partial charge >= 0.3 is 0 Å². The van der Waals surface area contributed by atoms with Crippen molar-refractivity contribution in [3.8, 4) is 5.75 Å². The standard InChI is InChI=1S/C7H4BrNO/c1-9-6-4-5(8)2-3-7(6)10/h2-4,10H. The Morgan fingerprint density at radius 3 is 2.70 bits per heavy atom. The van der Waals surface area contributed by atoms with E-state index >= 15 is 0 Å². The third kappa shape index (κ3) is 1.28. The second-order valence-corrected chi connectivity index (χ2v) is 2.66. The van der Waals surface area contributed by atoms with Gasteiger partial charge in [-0.25, -0.2) is 4.85 Å². The topological polar surface area (TPSA) is 24.6 Å². The molecular weight excluding hydrogens is 194 g/mol. The van der Waals surface area contributed by atoms with Gasteiger partial charge in [0, 0.05) is 4.47 Å². The monoisotopic (exact) mass is 197 g/mol. The number of rotatable bonds is 0. The lowest BCUT2D eigenvalue weighted by molar-refractivity contribution is 0.478. The smallest absolute Gasteiger partial charge is 0.228 e. The molecule has 0 atom stereocenters. The molecule has 50 valence electrons. The number of phenolic OH excluding ortho intramolecular Hbond substituents is 1. The highest BCUT2D eigenvalue weighted by molar-refractivity contribution is 9.10. The van der Waals surface area contributed by atoms with E-state index in [1.165, 1.54) is 6.07 Å². The van der Waals surface area contributed by atoms with Crippen molar-refractivity contribution < 1.29 is 5.11 Å². The van der Waals surface area contributed by atoms with Crippen molar-refractivity contribution in [1.29, 1.82) is 0 Å². The highest BCUT2D eigenvalue weighted by Crippen LogP contribution is 2.28. The molecule has 0 aromatic heterocycles. The van der Waals surface area contributed by atoms with Crippen LogP contribution < -0.4 is 0 Å². The molecule has 0 bridgehead atoms. The maximum absolute atomic E-state index is 9.00. The Balaban J connectivity index is 3.25. The van der Waals surface area contributed by atoms with E-state index in [4.69, 9.17) is 11.7 Å². The number of hydrogen-bond acceptors (Lipinski definition) is 1. The Morgan fingerprint density at radius 2 is 2.20 bits per heavy atom. The van der Waals surface area contributed by atoms with Gasteiger partial charge in [-0.3, -0.25) is 0 Å². The molecule has 10 heavy (non-hydrogen) atoms. The summed E-state index contributed by atoms with van der Waals surface area (Å²) in [5, 5.41) is 9.00. The summed E-state index contributed by atoms with van der Waals surface area (Å²) >= 11 is 3.18. The van der Waals surface area contributed by atoms with Gasteiger partial charge in [-0.05, 0) is 18.2 Å². The van der Waals surface area contributed by atoms with Crippen LogP contribution in [0.5, 0.6) is 5.75 Å². The molecule has 0 aliphatic carbocycles. The highest BCUT2D eigenvalue weighted by Gasteiger charge is 1.98. The first kappa shape index (κ1) is 7.10. The minimum absolute atomic E-state index is 0.0261. The predicted octanol–water partition coefficient (Wildman–Crippen LogP) is 2.71. The van der Waals surface area contributed by atoms with Gasteiger partial charge in [0.25, 0.3) is 0 Å². The molecule has 0 aliphatic heterocycles. The molecule has 0 heterocycles. The zero-order valence-electron chi connectivity index (χ0n) is 5.00. The quantitative estimate of drug-likeness (QED) is 0.636. The summed E-state index contributed by atoms with van der Waals surface area (Å²) in [5.41, 5.74) is 0.273. The normalized spacial score (nSPS) is 8.80. The van der Waals surface area contributed by atoms with Crippen LogP contribution in [-0.2, 0) is 0 Å².